The van der Waals surface area contributed by atoms with Crippen LogP contribution < -0.4 is 21.7 Å². The molecule has 1 atom stereocenters. The Balaban J connectivity index is 1.96. The van der Waals surface area contributed by atoms with Crippen LogP contribution in [0.25, 0.3) is 11.4 Å². The van der Waals surface area contributed by atoms with Crippen LogP contribution in [-0.4, -0.2) is 47.7 Å². The maximum Gasteiger partial charge on any atom is 0.284 e. The zero-order chi connectivity index (χ0) is 20.8. The highest BCUT2D eigenvalue weighted by molar-refractivity contribution is 6.00. The molecule has 150 valence electrons. The van der Waals surface area contributed by atoms with E-state index in [-0.39, 0.29) is 29.2 Å². The van der Waals surface area contributed by atoms with Gasteiger partial charge in [-0.1, -0.05) is 12.1 Å². The van der Waals surface area contributed by atoms with Crippen LogP contribution >= 0.6 is 0 Å². The normalized spacial score (nSPS) is 15.5. The van der Waals surface area contributed by atoms with Crippen molar-refractivity contribution in [2.45, 2.75) is 12.5 Å². The van der Waals surface area contributed by atoms with E-state index in [2.05, 4.69) is 15.4 Å². The number of nitrogens with one attached hydrogen (secondary N) is 1. The molecule has 0 saturated carbocycles. The third-order valence-electron chi connectivity index (χ3n) is 3.93. The summed E-state index contributed by atoms with van der Waals surface area (Å²) in [4.78, 5) is 36.5. The molecule has 0 radical (unpaired) electrons. The Morgan fingerprint density at radius 2 is 2.21 bits per heavy atom. The van der Waals surface area contributed by atoms with Gasteiger partial charge in [0.25, 0.3) is 5.91 Å². The molecule has 1 aromatic carbocycles. The molecule has 3 rings (SSSR count). The number of rotatable bonds is 7. The molecule has 0 unspecified atom stereocenters. The molecule has 0 aliphatic carbocycles. The summed E-state index contributed by atoms with van der Waals surface area (Å²) in [7, 11) is 0. The maximum absolute atomic E-state index is 12.5. The molecule has 11 nitrogen and oxygen atoms in total. The Labute approximate surface area is 165 Å². The van der Waals surface area contributed by atoms with E-state index in [1.165, 1.54) is 0 Å². The van der Waals surface area contributed by atoms with Crippen molar-refractivity contribution in [2.75, 3.05) is 25.6 Å². The molecule has 2 aromatic rings. The topological polar surface area (TPSA) is 175 Å². The summed E-state index contributed by atoms with van der Waals surface area (Å²) in [5.41, 5.74) is 13.8. The van der Waals surface area contributed by atoms with Gasteiger partial charge in [0.1, 0.15) is 17.5 Å². The Morgan fingerprint density at radius 3 is 2.90 bits per heavy atom. The lowest BCUT2D eigenvalue weighted by Gasteiger charge is -2.16. The first kappa shape index (κ1) is 20.0. The van der Waals surface area contributed by atoms with Crippen LogP contribution in [0.4, 0.5) is 5.82 Å². The standard InChI is InChI=1S/C18H18N6O5/c19-7-10-2-1-3-11(6-10)16-22-15(21)14(17(26)24-28-9-13(20)25)18(23-16)29-12-4-5-27-8-12/h1-3,6,12H,4-5,8-9H2,(H2,20,25)(H,24,26)(H2,21,22,23)/t12-/m0/s1. The number of primary amides is 1. The third kappa shape index (κ3) is 4.95. The van der Waals surface area contributed by atoms with Gasteiger partial charge in [0.15, 0.2) is 12.4 Å². The second-order valence-electron chi connectivity index (χ2n) is 6.09. The average Bonchev–Trinajstić information content (AvgIpc) is 3.20. The predicted octanol–water partition coefficient (Wildman–Crippen LogP) is -0.0881. The van der Waals surface area contributed by atoms with E-state index in [1.54, 1.807) is 24.3 Å². The summed E-state index contributed by atoms with van der Waals surface area (Å²) in [6.45, 7) is 0.339. The average molecular weight is 398 g/mol. The Hall–Kier alpha value is -3.75. The van der Waals surface area contributed by atoms with Gasteiger partial charge in [-0.2, -0.15) is 10.2 Å². The molecule has 1 aliphatic heterocycles. The monoisotopic (exact) mass is 398 g/mol. The summed E-state index contributed by atoms with van der Waals surface area (Å²) in [5, 5.41) is 9.09. The number of carbonyl (C=O) groups is 2. The quantitative estimate of drug-likeness (QED) is 0.538. The number of carbonyl (C=O) groups excluding carboxylic acids is 2. The fourth-order valence-corrected chi connectivity index (χ4v) is 2.60. The number of nitrogens with two attached hydrogens (primary N) is 2. The van der Waals surface area contributed by atoms with Crippen LogP contribution in [0.1, 0.15) is 22.3 Å². The van der Waals surface area contributed by atoms with Gasteiger partial charge in [-0.25, -0.2) is 10.5 Å². The first-order valence-electron chi connectivity index (χ1n) is 8.61. The highest BCUT2D eigenvalue weighted by atomic mass is 16.7. The maximum atomic E-state index is 12.5. The van der Waals surface area contributed by atoms with Crippen LogP contribution in [0.15, 0.2) is 24.3 Å². The molecule has 0 bridgehead atoms. The van der Waals surface area contributed by atoms with Crippen molar-refractivity contribution in [3.05, 3.63) is 35.4 Å². The first-order chi connectivity index (χ1) is 14.0. The zero-order valence-electron chi connectivity index (χ0n) is 15.3. The van der Waals surface area contributed by atoms with Crippen LogP contribution in [0.5, 0.6) is 5.88 Å². The summed E-state index contributed by atoms with van der Waals surface area (Å²) in [6, 6.07) is 8.64. The molecule has 1 aliphatic rings. The molecule has 11 heteroatoms. The third-order valence-corrected chi connectivity index (χ3v) is 3.93. The fourth-order valence-electron chi connectivity index (χ4n) is 2.60. The molecule has 1 saturated heterocycles. The number of anilines is 1. The molecule has 0 spiro atoms. The van der Waals surface area contributed by atoms with Crippen molar-refractivity contribution >= 4 is 17.6 Å². The summed E-state index contributed by atoms with van der Waals surface area (Å²) >= 11 is 0. The summed E-state index contributed by atoms with van der Waals surface area (Å²) < 4.78 is 11.1. The number of ether oxygens (including phenoxy) is 2. The highest BCUT2D eigenvalue weighted by Crippen LogP contribution is 2.28. The van der Waals surface area contributed by atoms with E-state index in [1.807, 2.05) is 6.07 Å². The van der Waals surface area contributed by atoms with E-state index >= 15 is 0 Å². The summed E-state index contributed by atoms with van der Waals surface area (Å²) in [6.07, 6.45) is 0.295. The van der Waals surface area contributed by atoms with Crippen molar-refractivity contribution in [2.24, 2.45) is 5.73 Å². The van der Waals surface area contributed by atoms with Gasteiger partial charge >= 0.3 is 0 Å². The van der Waals surface area contributed by atoms with E-state index in [9.17, 15) is 9.59 Å². The lowest BCUT2D eigenvalue weighted by Crippen LogP contribution is -2.31. The Bertz CT molecular complexity index is 968. The van der Waals surface area contributed by atoms with Gasteiger partial charge in [0.2, 0.25) is 11.8 Å². The molecule has 1 aromatic heterocycles. The van der Waals surface area contributed by atoms with Gasteiger partial charge in [-0.3, -0.25) is 14.4 Å². The number of hydroxylamine groups is 1. The molecule has 2 heterocycles. The number of hydrogen-bond acceptors (Lipinski definition) is 9. The largest absolute Gasteiger partial charge is 0.471 e. The minimum absolute atomic E-state index is 0.0643. The van der Waals surface area contributed by atoms with Crippen molar-refractivity contribution in [1.82, 2.24) is 15.4 Å². The van der Waals surface area contributed by atoms with Crippen molar-refractivity contribution in [1.29, 1.82) is 5.26 Å². The van der Waals surface area contributed by atoms with Gasteiger partial charge < -0.3 is 20.9 Å². The van der Waals surface area contributed by atoms with Crippen molar-refractivity contribution in [3.63, 3.8) is 0 Å². The number of nitrogen functional groups attached to an aromatic ring is 1. The lowest BCUT2D eigenvalue weighted by molar-refractivity contribution is -0.124. The molecule has 29 heavy (non-hydrogen) atoms. The van der Waals surface area contributed by atoms with Crippen LogP contribution in [-0.2, 0) is 14.4 Å². The van der Waals surface area contributed by atoms with Crippen LogP contribution in [0.2, 0.25) is 0 Å². The second-order valence-corrected chi connectivity index (χ2v) is 6.09. The molecular weight excluding hydrogens is 380 g/mol. The molecular formula is C18H18N6O5. The van der Waals surface area contributed by atoms with Crippen molar-refractivity contribution in [3.8, 4) is 23.3 Å². The molecule has 5 N–H and O–H groups in total. The van der Waals surface area contributed by atoms with Gasteiger partial charge in [0.05, 0.1) is 24.8 Å². The Kier molecular flexibility index (Phi) is 6.18. The van der Waals surface area contributed by atoms with Crippen LogP contribution in [0.3, 0.4) is 0 Å². The number of nitrogens with zero attached hydrogens (tertiary/aromatic N) is 3. The van der Waals surface area contributed by atoms with E-state index in [0.717, 1.165) is 0 Å². The molecule has 1 fully saturated rings. The SMILES string of the molecule is N#Cc1cccc(-c2nc(N)c(C(=O)NOCC(N)=O)c(O[C@H]3CCOC3)n2)c1. The van der Waals surface area contributed by atoms with E-state index in [0.29, 0.717) is 30.8 Å². The number of benzene rings is 1. The second kappa shape index (κ2) is 8.96. The van der Waals surface area contributed by atoms with Gasteiger partial charge in [-0.15, -0.1) is 0 Å². The lowest BCUT2D eigenvalue weighted by atomic mass is 10.1. The van der Waals surface area contributed by atoms with E-state index < -0.39 is 18.4 Å². The molecule has 2 amide bonds. The predicted molar refractivity (Wildman–Crippen MR) is 99.1 cm³/mol. The van der Waals surface area contributed by atoms with E-state index in [4.69, 9.17) is 31.0 Å². The van der Waals surface area contributed by atoms with Crippen molar-refractivity contribution < 1.29 is 23.9 Å². The first-order valence-corrected chi connectivity index (χ1v) is 8.61. The summed E-state index contributed by atoms with van der Waals surface area (Å²) in [5.74, 6) is -1.60. The zero-order valence-corrected chi connectivity index (χ0v) is 15.3. The smallest absolute Gasteiger partial charge is 0.284 e. The van der Waals surface area contributed by atoms with Gasteiger partial charge in [0, 0.05) is 12.0 Å². The Morgan fingerprint density at radius 1 is 1.38 bits per heavy atom. The fraction of sp³-hybridized carbons (Fsp3) is 0.278. The number of hydrogen-bond donors (Lipinski definition) is 3. The minimum Gasteiger partial charge on any atom is -0.471 e. The number of nitriles is 1. The number of amides is 2. The van der Waals surface area contributed by atoms with Gasteiger partial charge in [-0.05, 0) is 12.1 Å². The highest BCUT2D eigenvalue weighted by Gasteiger charge is 2.26. The number of aromatic nitrogens is 2. The van der Waals surface area contributed by atoms with Crippen LogP contribution in [0, 0.1) is 11.3 Å². The minimum atomic E-state index is -0.796.